The summed E-state index contributed by atoms with van der Waals surface area (Å²) in [5.41, 5.74) is -0.597. The van der Waals surface area contributed by atoms with Crippen LogP contribution < -0.4 is 5.32 Å². The summed E-state index contributed by atoms with van der Waals surface area (Å²) in [5.74, 6) is 0. The predicted molar refractivity (Wildman–Crippen MR) is 56.3 cm³/mol. The Bertz CT molecular complexity index is 210. The monoisotopic (exact) mass is 239 g/mol. The van der Waals surface area contributed by atoms with Crippen LogP contribution in [0.1, 0.15) is 39.5 Å². The molecule has 0 aliphatic heterocycles. The maximum atomic E-state index is 12.1. The SMILES string of the molecule is CC(C)NCC1(OCC(F)(F)F)CCCC1. The van der Waals surface area contributed by atoms with E-state index in [1.165, 1.54) is 0 Å². The summed E-state index contributed by atoms with van der Waals surface area (Å²) in [5, 5.41) is 3.17. The Morgan fingerprint density at radius 3 is 2.25 bits per heavy atom. The Kier molecular flexibility index (Phi) is 4.62. The van der Waals surface area contributed by atoms with Crippen molar-refractivity contribution in [2.24, 2.45) is 0 Å². The molecule has 0 heterocycles. The van der Waals surface area contributed by atoms with E-state index < -0.39 is 18.4 Å². The number of alkyl halides is 3. The molecule has 1 rings (SSSR count). The first-order valence-electron chi connectivity index (χ1n) is 5.77. The van der Waals surface area contributed by atoms with Crippen molar-refractivity contribution in [3.63, 3.8) is 0 Å². The Balaban J connectivity index is 2.45. The molecule has 2 nitrogen and oxygen atoms in total. The van der Waals surface area contributed by atoms with Crippen LogP contribution in [-0.4, -0.2) is 31.0 Å². The number of halogens is 3. The second-order valence-corrected chi connectivity index (χ2v) is 4.83. The van der Waals surface area contributed by atoms with Gasteiger partial charge in [0, 0.05) is 12.6 Å². The molecule has 0 amide bonds. The number of nitrogens with one attached hydrogen (secondary N) is 1. The molecule has 0 aromatic carbocycles. The molecule has 1 aliphatic carbocycles. The van der Waals surface area contributed by atoms with E-state index in [1.54, 1.807) is 0 Å². The fourth-order valence-corrected chi connectivity index (χ4v) is 2.02. The Morgan fingerprint density at radius 2 is 1.81 bits per heavy atom. The quantitative estimate of drug-likeness (QED) is 0.796. The molecule has 5 heteroatoms. The van der Waals surface area contributed by atoms with Crippen LogP contribution >= 0.6 is 0 Å². The maximum Gasteiger partial charge on any atom is 0.411 e. The van der Waals surface area contributed by atoms with Gasteiger partial charge in [0.2, 0.25) is 0 Å². The highest BCUT2D eigenvalue weighted by Crippen LogP contribution is 2.34. The van der Waals surface area contributed by atoms with Crippen molar-refractivity contribution in [1.29, 1.82) is 0 Å². The lowest BCUT2D eigenvalue weighted by atomic mass is 10.0. The van der Waals surface area contributed by atoms with Crippen molar-refractivity contribution in [2.45, 2.75) is 57.3 Å². The lowest BCUT2D eigenvalue weighted by Crippen LogP contribution is -2.44. The number of hydrogen-bond acceptors (Lipinski definition) is 2. The maximum absolute atomic E-state index is 12.1. The highest BCUT2D eigenvalue weighted by molar-refractivity contribution is 4.89. The summed E-state index contributed by atoms with van der Waals surface area (Å²) in [6.07, 6.45) is -0.867. The minimum Gasteiger partial charge on any atom is -0.364 e. The average molecular weight is 239 g/mol. The van der Waals surface area contributed by atoms with Crippen molar-refractivity contribution in [3.05, 3.63) is 0 Å². The van der Waals surface area contributed by atoms with Gasteiger partial charge in [-0.25, -0.2) is 0 Å². The summed E-state index contributed by atoms with van der Waals surface area (Å²) in [6.45, 7) is 3.34. The molecule has 0 saturated heterocycles. The third-order valence-electron chi connectivity index (χ3n) is 2.89. The molecule has 0 bridgehead atoms. The minimum absolute atomic E-state index is 0.270. The van der Waals surface area contributed by atoms with Crippen molar-refractivity contribution in [2.75, 3.05) is 13.2 Å². The lowest BCUT2D eigenvalue weighted by Gasteiger charge is -2.31. The molecule has 16 heavy (non-hydrogen) atoms. The fraction of sp³-hybridized carbons (Fsp3) is 1.00. The molecular formula is C11H20F3NO. The number of ether oxygens (including phenoxy) is 1. The molecule has 1 N–H and O–H groups in total. The topological polar surface area (TPSA) is 21.3 Å². The third kappa shape index (κ3) is 4.70. The van der Waals surface area contributed by atoms with E-state index in [0.29, 0.717) is 6.54 Å². The molecular weight excluding hydrogens is 219 g/mol. The van der Waals surface area contributed by atoms with Gasteiger partial charge in [-0.2, -0.15) is 13.2 Å². The van der Waals surface area contributed by atoms with Gasteiger partial charge in [0.25, 0.3) is 0 Å². The van der Waals surface area contributed by atoms with E-state index in [-0.39, 0.29) is 6.04 Å². The van der Waals surface area contributed by atoms with E-state index in [2.05, 4.69) is 5.32 Å². The summed E-state index contributed by atoms with van der Waals surface area (Å²) in [7, 11) is 0. The molecule has 1 fully saturated rings. The van der Waals surface area contributed by atoms with Crippen LogP contribution in [0.5, 0.6) is 0 Å². The number of rotatable bonds is 5. The van der Waals surface area contributed by atoms with Crippen LogP contribution in [-0.2, 0) is 4.74 Å². The molecule has 96 valence electrons. The normalized spacial score (nSPS) is 20.6. The molecule has 1 saturated carbocycles. The molecule has 0 aromatic heterocycles. The molecule has 0 unspecified atom stereocenters. The van der Waals surface area contributed by atoms with Crippen LogP contribution in [0.3, 0.4) is 0 Å². The van der Waals surface area contributed by atoms with Gasteiger partial charge in [-0.05, 0) is 12.8 Å². The summed E-state index contributed by atoms with van der Waals surface area (Å²) >= 11 is 0. The summed E-state index contributed by atoms with van der Waals surface area (Å²) in [4.78, 5) is 0. The van der Waals surface area contributed by atoms with Crippen molar-refractivity contribution in [3.8, 4) is 0 Å². The third-order valence-corrected chi connectivity index (χ3v) is 2.89. The van der Waals surface area contributed by atoms with Gasteiger partial charge < -0.3 is 10.1 Å². The van der Waals surface area contributed by atoms with E-state index in [0.717, 1.165) is 25.7 Å². The Morgan fingerprint density at radius 1 is 1.25 bits per heavy atom. The highest BCUT2D eigenvalue weighted by Gasteiger charge is 2.39. The summed E-state index contributed by atoms with van der Waals surface area (Å²) in [6, 6.07) is 0.270. The Labute approximate surface area is 94.5 Å². The zero-order valence-corrected chi connectivity index (χ0v) is 9.86. The average Bonchev–Trinajstić information content (AvgIpc) is 2.60. The van der Waals surface area contributed by atoms with E-state index in [4.69, 9.17) is 4.74 Å². The van der Waals surface area contributed by atoms with Gasteiger partial charge in [0.1, 0.15) is 6.61 Å². The van der Waals surface area contributed by atoms with Crippen LogP contribution in [0.2, 0.25) is 0 Å². The molecule has 0 atom stereocenters. The van der Waals surface area contributed by atoms with E-state index >= 15 is 0 Å². The van der Waals surface area contributed by atoms with Crippen LogP contribution in [0.25, 0.3) is 0 Å². The molecule has 0 spiro atoms. The van der Waals surface area contributed by atoms with Crippen molar-refractivity contribution in [1.82, 2.24) is 5.32 Å². The van der Waals surface area contributed by atoms with Gasteiger partial charge in [-0.3, -0.25) is 0 Å². The smallest absolute Gasteiger partial charge is 0.364 e. The molecule has 1 aliphatic rings. The van der Waals surface area contributed by atoms with Crippen molar-refractivity contribution >= 4 is 0 Å². The zero-order chi connectivity index (χ0) is 12.2. The minimum atomic E-state index is -4.23. The van der Waals surface area contributed by atoms with Crippen LogP contribution in [0, 0.1) is 0 Å². The van der Waals surface area contributed by atoms with Gasteiger partial charge in [0.15, 0.2) is 0 Å². The zero-order valence-electron chi connectivity index (χ0n) is 9.86. The first kappa shape index (κ1) is 13.8. The van der Waals surface area contributed by atoms with Gasteiger partial charge in [0.05, 0.1) is 5.60 Å². The second kappa shape index (κ2) is 5.36. The van der Waals surface area contributed by atoms with Crippen LogP contribution in [0.4, 0.5) is 13.2 Å². The fourth-order valence-electron chi connectivity index (χ4n) is 2.02. The first-order chi connectivity index (χ1) is 7.33. The van der Waals surface area contributed by atoms with Gasteiger partial charge in [-0.1, -0.05) is 26.7 Å². The van der Waals surface area contributed by atoms with E-state index in [9.17, 15) is 13.2 Å². The predicted octanol–water partition coefficient (Wildman–Crippen LogP) is 2.88. The highest BCUT2D eigenvalue weighted by atomic mass is 19.4. The van der Waals surface area contributed by atoms with E-state index in [1.807, 2.05) is 13.8 Å². The summed E-state index contributed by atoms with van der Waals surface area (Å²) < 4.78 is 41.5. The second-order valence-electron chi connectivity index (χ2n) is 4.83. The molecule has 0 radical (unpaired) electrons. The largest absolute Gasteiger partial charge is 0.411 e. The lowest BCUT2D eigenvalue weighted by molar-refractivity contribution is -0.204. The first-order valence-corrected chi connectivity index (χ1v) is 5.77. The number of hydrogen-bond donors (Lipinski definition) is 1. The molecule has 0 aromatic rings. The van der Waals surface area contributed by atoms with Gasteiger partial charge in [-0.15, -0.1) is 0 Å². The standard InChI is InChI=1S/C11H20F3NO/c1-9(2)15-7-10(5-3-4-6-10)16-8-11(12,13)14/h9,15H,3-8H2,1-2H3. The Hall–Kier alpha value is -0.290. The van der Waals surface area contributed by atoms with Gasteiger partial charge >= 0.3 is 6.18 Å². The van der Waals surface area contributed by atoms with Crippen molar-refractivity contribution < 1.29 is 17.9 Å². The van der Waals surface area contributed by atoms with Crippen LogP contribution in [0.15, 0.2) is 0 Å².